The summed E-state index contributed by atoms with van der Waals surface area (Å²) < 4.78 is 0. The molecule has 0 aromatic carbocycles. The summed E-state index contributed by atoms with van der Waals surface area (Å²) in [5, 5.41) is 0.550. The van der Waals surface area contributed by atoms with Crippen molar-refractivity contribution < 1.29 is 14.4 Å². The largest absolute Gasteiger partial charge is 0.321 e. The molecule has 1 saturated heterocycles. The Bertz CT molecular complexity index is 390. The lowest BCUT2D eigenvalue weighted by atomic mass is 9.84. The summed E-state index contributed by atoms with van der Waals surface area (Å²) in [6, 6.07) is -0.650. The summed E-state index contributed by atoms with van der Waals surface area (Å²) in [4.78, 5) is 35.6. The zero-order valence-corrected chi connectivity index (χ0v) is 10.5. The van der Waals surface area contributed by atoms with Crippen molar-refractivity contribution in [1.29, 1.82) is 0 Å². The third-order valence-corrected chi connectivity index (χ3v) is 4.17. The third kappa shape index (κ3) is 1.95. The third-order valence-electron chi connectivity index (χ3n) is 4.17. The van der Waals surface area contributed by atoms with E-state index in [2.05, 4.69) is 0 Å². The monoisotopic (exact) mass is 253 g/mol. The van der Waals surface area contributed by atoms with E-state index in [0.29, 0.717) is 5.01 Å². The number of nitrogens with two attached hydrogens (primary N) is 2. The summed E-state index contributed by atoms with van der Waals surface area (Å²) in [6.45, 7) is 1.55. The number of ketones is 1. The molecule has 0 aromatic rings. The topological polar surface area (TPSA) is 106 Å². The molecule has 6 nitrogen and oxygen atoms in total. The van der Waals surface area contributed by atoms with E-state index in [0.717, 1.165) is 25.7 Å². The van der Waals surface area contributed by atoms with Crippen LogP contribution in [0.15, 0.2) is 0 Å². The van der Waals surface area contributed by atoms with E-state index in [1.54, 1.807) is 6.92 Å². The highest BCUT2D eigenvalue weighted by Crippen LogP contribution is 2.31. The molecule has 2 fully saturated rings. The van der Waals surface area contributed by atoms with E-state index in [1.807, 2.05) is 0 Å². The number of nitrogens with zero attached hydrogens (tertiary/aromatic N) is 1. The number of amides is 2. The maximum Gasteiger partial charge on any atom is 0.255 e. The first-order valence-corrected chi connectivity index (χ1v) is 6.37. The molecule has 1 aliphatic carbocycles. The molecule has 0 radical (unpaired) electrons. The van der Waals surface area contributed by atoms with Crippen molar-refractivity contribution in [1.82, 2.24) is 5.01 Å². The van der Waals surface area contributed by atoms with Gasteiger partial charge in [0.25, 0.3) is 5.91 Å². The maximum absolute atomic E-state index is 12.3. The van der Waals surface area contributed by atoms with Gasteiger partial charge in [0.1, 0.15) is 5.92 Å². The van der Waals surface area contributed by atoms with Gasteiger partial charge in [0, 0.05) is 0 Å². The van der Waals surface area contributed by atoms with Gasteiger partial charge < -0.3 is 5.73 Å². The van der Waals surface area contributed by atoms with E-state index < -0.39 is 29.7 Å². The molecule has 0 spiro atoms. The van der Waals surface area contributed by atoms with E-state index in [-0.39, 0.29) is 11.7 Å². The molecule has 0 aromatic heterocycles. The summed E-state index contributed by atoms with van der Waals surface area (Å²) in [5.74, 6) is 2.34. The predicted molar refractivity (Wildman–Crippen MR) is 63.6 cm³/mol. The second-order valence-electron chi connectivity index (χ2n) is 5.29. The lowest BCUT2D eigenvalue weighted by molar-refractivity contribution is -0.141. The quantitative estimate of drug-likeness (QED) is 0.307. The Balaban J connectivity index is 2.13. The van der Waals surface area contributed by atoms with Gasteiger partial charge in [-0.2, -0.15) is 0 Å². The Labute approximate surface area is 106 Å². The lowest BCUT2D eigenvalue weighted by Gasteiger charge is -2.21. The molecule has 2 aliphatic rings. The normalized spacial score (nSPS) is 31.2. The van der Waals surface area contributed by atoms with Crippen molar-refractivity contribution in [3.63, 3.8) is 0 Å². The number of Topliss-reactive ketones (excluding diaryl/α,β-unsaturated/α-hetero) is 1. The van der Waals surface area contributed by atoms with Crippen LogP contribution in [0.25, 0.3) is 0 Å². The molecule has 2 amide bonds. The first-order valence-electron chi connectivity index (χ1n) is 6.37. The van der Waals surface area contributed by atoms with Gasteiger partial charge in [0.15, 0.2) is 5.78 Å². The van der Waals surface area contributed by atoms with Crippen LogP contribution in [0.2, 0.25) is 0 Å². The smallest absolute Gasteiger partial charge is 0.255 e. The Morgan fingerprint density at radius 3 is 2.28 bits per heavy atom. The lowest BCUT2D eigenvalue weighted by Crippen LogP contribution is -2.45. The molecule has 1 heterocycles. The van der Waals surface area contributed by atoms with Gasteiger partial charge in [-0.15, -0.1) is 0 Å². The molecule has 100 valence electrons. The minimum Gasteiger partial charge on any atom is -0.321 e. The number of rotatable bonds is 3. The van der Waals surface area contributed by atoms with Crippen LogP contribution < -0.4 is 11.6 Å². The number of hydrogen-bond donors (Lipinski definition) is 2. The number of hydrazine groups is 1. The molecule has 1 aliphatic heterocycles. The molecule has 2 rings (SSSR count). The summed E-state index contributed by atoms with van der Waals surface area (Å²) >= 11 is 0. The highest BCUT2D eigenvalue weighted by atomic mass is 16.2. The SMILES string of the molecule is C[C@@H]1C(=O)N(N)C(=O)[C@H]1C(=O)[C@@H](N)C1CCCC1. The molecule has 1 saturated carbocycles. The van der Waals surface area contributed by atoms with Crippen LogP contribution in [0, 0.1) is 17.8 Å². The molecule has 0 bridgehead atoms. The van der Waals surface area contributed by atoms with Crippen molar-refractivity contribution in [3.05, 3.63) is 0 Å². The number of carbonyl (C=O) groups excluding carboxylic acids is 3. The van der Waals surface area contributed by atoms with Gasteiger partial charge >= 0.3 is 0 Å². The second kappa shape index (κ2) is 4.78. The van der Waals surface area contributed by atoms with Crippen LogP contribution in [0.5, 0.6) is 0 Å². The molecule has 3 atom stereocenters. The van der Waals surface area contributed by atoms with Gasteiger partial charge in [-0.3, -0.25) is 14.4 Å². The van der Waals surface area contributed by atoms with E-state index in [1.165, 1.54) is 0 Å². The number of hydrogen-bond acceptors (Lipinski definition) is 5. The van der Waals surface area contributed by atoms with Crippen molar-refractivity contribution in [3.8, 4) is 0 Å². The van der Waals surface area contributed by atoms with Gasteiger partial charge in [0.05, 0.1) is 12.0 Å². The Morgan fingerprint density at radius 2 is 1.83 bits per heavy atom. The van der Waals surface area contributed by atoms with Crippen molar-refractivity contribution >= 4 is 17.6 Å². The first-order chi connectivity index (χ1) is 8.45. The average Bonchev–Trinajstić information content (AvgIpc) is 2.94. The van der Waals surface area contributed by atoms with Crippen molar-refractivity contribution in [2.75, 3.05) is 0 Å². The van der Waals surface area contributed by atoms with Crippen molar-refractivity contribution in [2.24, 2.45) is 29.3 Å². The van der Waals surface area contributed by atoms with Gasteiger partial charge in [-0.25, -0.2) is 10.9 Å². The highest BCUT2D eigenvalue weighted by Gasteiger charge is 2.49. The molecule has 6 heteroatoms. The molecular weight excluding hydrogens is 234 g/mol. The standard InChI is InChI=1S/C12H19N3O3/c1-6-8(12(18)15(14)11(6)17)10(16)9(13)7-4-2-3-5-7/h6-9H,2-5,13-14H2,1H3/t6-,8+,9-/m0/s1. The number of carbonyl (C=O) groups is 3. The fraction of sp³-hybridized carbons (Fsp3) is 0.750. The van der Waals surface area contributed by atoms with Gasteiger partial charge in [-0.05, 0) is 18.8 Å². The van der Waals surface area contributed by atoms with Gasteiger partial charge in [-0.1, -0.05) is 19.8 Å². The zero-order chi connectivity index (χ0) is 13.4. The number of imide groups is 1. The van der Waals surface area contributed by atoms with E-state index in [9.17, 15) is 14.4 Å². The zero-order valence-electron chi connectivity index (χ0n) is 10.5. The molecule has 0 unspecified atom stereocenters. The molecule has 18 heavy (non-hydrogen) atoms. The average molecular weight is 253 g/mol. The highest BCUT2D eigenvalue weighted by molar-refractivity contribution is 6.15. The molecular formula is C12H19N3O3. The Kier molecular flexibility index (Phi) is 3.49. The summed E-state index contributed by atoms with van der Waals surface area (Å²) in [7, 11) is 0. The summed E-state index contributed by atoms with van der Waals surface area (Å²) in [5.41, 5.74) is 5.95. The second-order valence-corrected chi connectivity index (χ2v) is 5.29. The van der Waals surface area contributed by atoms with Crippen molar-refractivity contribution in [2.45, 2.75) is 38.6 Å². The van der Waals surface area contributed by atoms with Crippen LogP contribution >= 0.6 is 0 Å². The van der Waals surface area contributed by atoms with Gasteiger partial charge in [0.2, 0.25) is 5.91 Å². The predicted octanol–water partition coefficient (Wildman–Crippen LogP) is -0.432. The minimum atomic E-state index is -0.988. The van der Waals surface area contributed by atoms with E-state index in [4.69, 9.17) is 11.6 Å². The molecule has 4 N–H and O–H groups in total. The maximum atomic E-state index is 12.3. The van der Waals surface area contributed by atoms with Crippen LogP contribution in [0.4, 0.5) is 0 Å². The first kappa shape index (κ1) is 13.2. The fourth-order valence-electron chi connectivity index (χ4n) is 2.96. The Hall–Kier alpha value is -1.27. The fourth-order valence-corrected chi connectivity index (χ4v) is 2.96. The minimum absolute atomic E-state index is 0.138. The van der Waals surface area contributed by atoms with Crippen LogP contribution in [-0.2, 0) is 14.4 Å². The van der Waals surface area contributed by atoms with Crippen LogP contribution in [0.3, 0.4) is 0 Å². The van der Waals surface area contributed by atoms with E-state index >= 15 is 0 Å². The Morgan fingerprint density at radius 1 is 1.28 bits per heavy atom. The van der Waals surface area contributed by atoms with Crippen LogP contribution in [0.1, 0.15) is 32.6 Å². The summed E-state index contributed by atoms with van der Waals surface area (Å²) in [6.07, 6.45) is 3.98. The van der Waals surface area contributed by atoms with Crippen LogP contribution in [-0.4, -0.2) is 28.6 Å².